The van der Waals surface area contributed by atoms with Gasteiger partial charge in [-0.2, -0.15) is 0 Å². The van der Waals surface area contributed by atoms with Crippen molar-refractivity contribution in [3.05, 3.63) is 59.9 Å². The lowest BCUT2D eigenvalue weighted by Crippen LogP contribution is -2.18. The Balaban J connectivity index is 2.06. The number of nitrogens with one attached hydrogen (secondary N) is 1. The Morgan fingerprint density at radius 2 is 1.81 bits per heavy atom. The second kappa shape index (κ2) is 6.26. The number of sulfone groups is 1. The maximum Gasteiger partial charge on any atom is 0.175 e. The van der Waals surface area contributed by atoms with Crippen molar-refractivity contribution in [1.82, 2.24) is 0 Å². The highest BCUT2D eigenvalue weighted by Gasteiger charge is 2.09. The lowest BCUT2D eigenvalue weighted by molar-refractivity contribution is 0.602. The van der Waals surface area contributed by atoms with E-state index in [0.29, 0.717) is 4.90 Å². The third-order valence-corrected chi connectivity index (χ3v) is 4.24. The fourth-order valence-electron chi connectivity index (χ4n) is 2.13. The van der Waals surface area contributed by atoms with E-state index in [2.05, 4.69) is 5.32 Å². The molecule has 0 aliphatic carbocycles. The second-order valence-corrected chi connectivity index (χ2v) is 7.19. The van der Waals surface area contributed by atoms with Crippen LogP contribution in [0.15, 0.2) is 53.4 Å². The molecule has 3 nitrogen and oxygen atoms in total. The van der Waals surface area contributed by atoms with Gasteiger partial charge in [0.05, 0.1) is 4.90 Å². The number of benzene rings is 2. The molecule has 0 aliphatic heterocycles. The van der Waals surface area contributed by atoms with E-state index in [4.69, 9.17) is 0 Å². The molecule has 21 heavy (non-hydrogen) atoms. The van der Waals surface area contributed by atoms with Crippen LogP contribution in [0.1, 0.15) is 12.5 Å². The first-order valence-electron chi connectivity index (χ1n) is 6.66. The predicted octanol–water partition coefficient (Wildman–Crippen LogP) is 3.27. The van der Waals surface area contributed by atoms with E-state index in [1.54, 1.807) is 30.3 Å². The fourth-order valence-corrected chi connectivity index (χ4v) is 2.79. The van der Waals surface area contributed by atoms with E-state index in [9.17, 15) is 12.8 Å². The van der Waals surface area contributed by atoms with Crippen molar-refractivity contribution in [2.24, 2.45) is 0 Å². The Hall–Kier alpha value is -1.88. The summed E-state index contributed by atoms with van der Waals surface area (Å²) in [7, 11) is -3.21. The third-order valence-electron chi connectivity index (χ3n) is 3.13. The van der Waals surface area contributed by atoms with Crippen molar-refractivity contribution in [3.8, 4) is 0 Å². The smallest absolute Gasteiger partial charge is 0.175 e. The normalized spacial score (nSPS) is 12.9. The summed E-state index contributed by atoms with van der Waals surface area (Å²) in [5.74, 6) is -0.250. The summed E-state index contributed by atoms with van der Waals surface area (Å²) in [6, 6.07) is 13.2. The molecular formula is C16H18FNO2S. The molecule has 0 saturated heterocycles. The summed E-state index contributed by atoms with van der Waals surface area (Å²) in [4.78, 5) is 0.293. The molecule has 2 rings (SSSR count). The Kier molecular flexibility index (Phi) is 4.63. The first-order valence-corrected chi connectivity index (χ1v) is 8.55. The molecule has 0 bridgehead atoms. The van der Waals surface area contributed by atoms with Gasteiger partial charge in [0, 0.05) is 18.0 Å². The van der Waals surface area contributed by atoms with Crippen molar-refractivity contribution in [3.63, 3.8) is 0 Å². The number of rotatable bonds is 5. The Labute approximate surface area is 124 Å². The quantitative estimate of drug-likeness (QED) is 0.922. The standard InChI is InChI=1S/C16H18FNO2S/c1-12(10-13-6-8-14(17)9-7-13)18-15-4-3-5-16(11-15)21(2,19)20/h3-9,11-12,18H,10H2,1-2H3. The van der Waals surface area contributed by atoms with E-state index < -0.39 is 9.84 Å². The zero-order chi connectivity index (χ0) is 15.5. The fraction of sp³-hybridized carbons (Fsp3) is 0.250. The average molecular weight is 307 g/mol. The zero-order valence-corrected chi connectivity index (χ0v) is 12.8. The van der Waals surface area contributed by atoms with Crippen molar-refractivity contribution >= 4 is 15.5 Å². The van der Waals surface area contributed by atoms with Gasteiger partial charge in [-0.15, -0.1) is 0 Å². The molecule has 0 aromatic heterocycles. The van der Waals surface area contributed by atoms with Gasteiger partial charge in [-0.05, 0) is 49.2 Å². The first-order chi connectivity index (χ1) is 9.84. The molecule has 0 aliphatic rings. The molecule has 0 radical (unpaired) electrons. The molecule has 5 heteroatoms. The number of halogens is 1. The molecule has 0 spiro atoms. The van der Waals surface area contributed by atoms with Crippen LogP contribution in [-0.2, 0) is 16.3 Å². The Bertz CT molecular complexity index is 711. The van der Waals surface area contributed by atoms with Gasteiger partial charge in [0.15, 0.2) is 9.84 Å². The largest absolute Gasteiger partial charge is 0.382 e. The van der Waals surface area contributed by atoms with Crippen molar-refractivity contribution < 1.29 is 12.8 Å². The van der Waals surface area contributed by atoms with E-state index in [1.165, 1.54) is 18.4 Å². The molecule has 0 amide bonds. The topological polar surface area (TPSA) is 46.2 Å². The van der Waals surface area contributed by atoms with Crippen molar-refractivity contribution in [1.29, 1.82) is 0 Å². The minimum Gasteiger partial charge on any atom is -0.382 e. The highest BCUT2D eigenvalue weighted by atomic mass is 32.2. The van der Waals surface area contributed by atoms with E-state index >= 15 is 0 Å². The van der Waals surface area contributed by atoms with Gasteiger partial charge < -0.3 is 5.32 Å². The summed E-state index contributed by atoms with van der Waals surface area (Å²) < 4.78 is 35.9. The highest BCUT2D eigenvalue weighted by Crippen LogP contribution is 2.17. The Morgan fingerprint density at radius 1 is 1.14 bits per heavy atom. The predicted molar refractivity (Wildman–Crippen MR) is 82.7 cm³/mol. The van der Waals surface area contributed by atoms with Gasteiger partial charge in [-0.1, -0.05) is 18.2 Å². The zero-order valence-electron chi connectivity index (χ0n) is 12.0. The van der Waals surface area contributed by atoms with E-state index in [1.807, 2.05) is 13.0 Å². The number of hydrogen-bond acceptors (Lipinski definition) is 3. The van der Waals surface area contributed by atoms with Crippen LogP contribution in [0, 0.1) is 5.82 Å². The maximum absolute atomic E-state index is 12.9. The SMILES string of the molecule is CC(Cc1ccc(F)cc1)Nc1cccc(S(C)(=O)=O)c1. The first kappa shape index (κ1) is 15.5. The molecule has 0 fully saturated rings. The molecule has 1 atom stereocenters. The second-order valence-electron chi connectivity index (χ2n) is 5.18. The summed E-state index contributed by atoms with van der Waals surface area (Å²) in [6.07, 6.45) is 1.91. The van der Waals surface area contributed by atoms with Crippen LogP contribution < -0.4 is 5.32 Å². The molecule has 0 heterocycles. The van der Waals surface area contributed by atoms with Gasteiger partial charge in [-0.3, -0.25) is 0 Å². The van der Waals surface area contributed by atoms with Gasteiger partial charge in [-0.25, -0.2) is 12.8 Å². The van der Waals surface area contributed by atoms with Gasteiger partial charge in [0.25, 0.3) is 0 Å². The van der Waals surface area contributed by atoms with Gasteiger partial charge in [0.1, 0.15) is 5.82 Å². The van der Waals surface area contributed by atoms with E-state index in [0.717, 1.165) is 17.7 Å². The molecule has 0 saturated carbocycles. The number of anilines is 1. The number of hydrogen-bond donors (Lipinski definition) is 1. The van der Waals surface area contributed by atoms with Crippen LogP contribution in [0.3, 0.4) is 0 Å². The average Bonchev–Trinajstić information content (AvgIpc) is 2.41. The van der Waals surface area contributed by atoms with Crippen LogP contribution >= 0.6 is 0 Å². The summed E-state index contributed by atoms with van der Waals surface area (Å²) in [6.45, 7) is 2.00. The van der Waals surface area contributed by atoms with Gasteiger partial charge >= 0.3 is 0 Å². The minimum atomic E-state index is -3.21. The third kappa shape index (κ3) is 4.56. The Morgan fingerprint density at radius 3 is 2.43 bits per heavy atom. The van der Waals surface area contributed by atoms with Crippen LogP contribution in [0.2, 0.25) is 0 Å². The molecule has 112 valence electrons. The molecule has 2 aromatic carbocycles. The monoisotopic (exact) mass is 307 g/mol. The van der Waals surface area contributed by atoms with Crippen LogP contribution in [0.5, 0.6) is 0 Å². The van der Waals surface area contributed by atoms with E-state index in [-0.39, 0.29) is 11.9 Å². The summed E-state index contributed by atoms with van der Waals surface area (Å²) in [5.41, 5.74) is 1.78. The minimum absolute atomic E-state index is 0.102. The van der Waals surface area contributed by atoms with Crippen molar-refractivity contribution in [2.45, 2.75) is 24.3 Å². The van der Waals surface area contributed by atoms with Crippen LogP contribution in [-0.4, -0.2) is 20.7 Å². The van der Waals surface area contributed by atoms with Crippen molar-refractivity contribution in [2.75, 3.05) is 11.6 Å². The van der Waals surface area contributed by atoms with Crippen LogP contribution in [0.4, 0.5) is 10.1 Å². The highest BCUT2D eigenvalue weighted by molar-refractivity contribution is 7.90. The lowest BCUT2D eigenvalue weighted by atomic mass is 10.1. The molecule has 1 N–H and O–H groups in total. The van der Waals surface area contributed by atoms with Gasteiger partial charge in [0.2, 0.25) is 0 Å². The van der Waals surface area contributed by atoms with Crippen LogP contribution in [0.25, 0.3) is 0 Å². The maximum atomic E-state index is 12.9. The molecular weight excluding hydrogens is 289 g/mol. The summed E-state index contributed by atoms with van der Waals surface area (Å²) in [5, 5.41) is 3.26. The summed E-state index contributed by atoms with van der Waals surface area (Å²) >= 11 is 0. The lowest BCUT2D eigenvalue weighted by Gasteiger charge is -2.16. The molecule has 2 aromatic rings. The molecule has 1 unspecified atom stereocenters.